The summed E-state index contributed by atoms with van der Waals surface area (Å²) in [6.45, 7) is 6.25. The number of likely N-dealkylation sites (tertiary alicyclic amines) is 1. The van der Waals surface area contributed by atoms with Crippen LogP contribution in [0.2, 0.25) is 0 Å². The minimum atomic E-state index is -0.0360. The predicted molar refractivity (Wildman–Crippen MR) is 95.8 cm³/mol. The normalized spacial score (nSPS) is 17.5. The fraction of sp³-hybridized carbons (Fsp3) is 0.500. The molecule has 0 N–H and O–H groups in total. The lowest BCUT2D eigenvalue weighted by Crippen LogP contribution is -2.41. The Morgan fingerprint density at radius 3 is 2.92 bits per heavy atom. The van der Waals surface area contributed by atoms with Crippen molar-refractivity contribution >= 4 is 5.91 Å². The van der Waals surface area contributed by atoms with Gasteiger partial charge in [0.25, 0.3) is 5.91 Å². The average molecular weight is 342 g/mol. The Kier molecular flexibility index (Phi) is 5.74. The summed E-state index contributed by atoms with van der Waals surface area (Å²) in [6.07, 6.45) is 3.86. The number of rotatable bonds is 6. The van der Waals surface area contributed by atoms with Gasteiger partial charge in [0.15, 0.2) is 5.69 Å². The first kappa shape index (κ1) is 17.5. The molecule has 1 fully saturated rings. The zero-order chi connectivity index (χ0) is 17.6. The highest BCUT2D eigenvalue weighted by molar-refractivity contribution is 5.92. The van der Waals surface area contributed by atoms with Crippen molar-refractivity contribution in [1.82, 2.24) is 10.1 Å². The molecule has 0 bridgehead atoms. The van der Waals surface area contributed by atoms with Gasteiger partial charge in [0, 0.05) is 31.5 Å². The van der Waals surface area contributed by atoms with E-state index in [2.05, 4.69) is 19.0 Å². The third kappa shape index (κ3) is 4.62. The van der Waals surface area contributed by atoms with Crippen LogP contribution in [-0.2, 0) is 6.42 Å². The summed E-state index contributed by atoms with van der Waals surface area (Å²) in [4.78, 5) is 14.5. The van der Waals surface area contributed by atoms with E-state index in [1.54, 1.807) is 6.07 Å². The highest BCUT2D eigenvalue weighted by Crippen LogP contribution is 2.21. The molecule has 1 atom stereocenters. The molecular weight excluding hydrogens is 316 g/mol. The predicted octanol–water partition coefficient (Wildman–Crippen LogP) is 3.87. The second-order valence-corrected chi connectivity index (χ2v) is 6.81. The number of nitrogens with zero attached hydrogens (tertiary/aromatic N) is 2. The monoisotopic (exact) mass is 342 g/mol. The summed E-state index contributed by atoms with van der Waals surface area (Å²) < 4.78 is 11.1. The number of carbonyl (C=O) groups is 1. The molecule has 0 aliphatic carbocycles. The summed E-state index contributed by atoms with van der Waals surface area (Å²) in [7, 11) is 0. The number of ether oxygens (including phenoxy) is 1. The van der Waals surface area contributed by atoms with Crippen molar-refractivity contribution in [2.45, 2.75) is 39.5 Å². The number of hydrogen-bond acceptors (Lipinski definition) is 4. The summed E-state index contributed by atoms with van der Waals surface area (Å²) in [5, 5.41) is 3.94. The van der Waals surface area contributed by atoms with Gasteiger partial charge in [0.05, 0.1) is 6.61 Å². The Morgan fingerprint density at radius 1 is 1.36 bits per heavy atom. The quantitative estimate of drug-likeness (QED) is 0.800. The van der Waals surface area contributed by atoms with E-state index >= 15 is 0 Å². The Morgan fingerprint density at radius 2 is 2.16 bits per heavy atom. The zero-order valence-electron chi connectivity index (χ0n) is 15.0. The van der Waals surface area contributed by atoms with Crippen LogP contribution in [0.15, 0.2) is 34.9 Å². The van der Waals surface area contributed by atoms with Crippen LogP contribution in [0.5, 0.6) is 5.75 Å². The van der Waals surface area contributed by atoms with Crippen LogP contribution in [0.25, 0.3) is 0 Å². The van der Waals surface area contributed by atoms with E-state index in [1.807, 2.05) is 29.2 Å². The molecular formula is C20H26N2O3. The number of aromatic nitrogens is 1. The van der Waals surface area contributed by atoms with E-state index in [0.717, 1.165) is 43.7 Å². The van der Waals surface area contributed by atoms with Crippen LogP contribution in [0.1, 0.15) is 48.0 Å². The molecule has 5 nitrogen and oxygen atoms in total. The van der Waals surface area contributed by atoms with Crippen molar-refractivity contribution in [2.24, 2.45) is 5.92 Å². The van der Waals surface area contributed by atoms with Gasteiger partial charge in [0.2, 0.25) is 0 Å². The molecule has 1 aromatic carbocycles. The van der Waals surface area contributed by atoms with E-state index in [4.69, 9.17) is 9.26 Å². The summed E-state index contributed by atoms with van der Waals surface area (Å²) in [5.41, 5.74) is 1.64. The maximum Gasteiger partial charge on any atom is 0.276 e. The highest BCUT2D eigenvalue weighted by atomic mass is 16.5. The second kappa shape index (κ2) is 8.19. The van der Waals surface area contributed by atoms with E-state index in [1.165, 1.54) is 5.56 Å². The first-order valence-electron chi connectivity index (χ1n) is 9.10. The number of carbonyl (C=O) groups excluding carboxylic acids is 1. The maximum atomic E-state index is 12.6. The minimum Gasteiger partial charge on any atom is -0.493 e. The van der Waals surface area contributed by atoms with E-state index in [9.17, 15) is 4.79 Å². The molecule has 5 heteroatoms. The molecule has 0 spiro atoms. The number of aryl methyl sites for hydroxylation is 2. The average Bonchev–Trinajstić information content (AvgIpc) is 3.10. The van der Waals surface area contributed by atoms with Gasteiger partial charge in [-0.1, -0.05) is 29.8 Å². The molecule has 0 unspecified atom stereocenters. The lowest BCUT2D eigenvalue weighted by atomic mass is 9.98. The van der Waals surface area contributed by atoms with Crippen LogP contribution in [0.4, 0.5) is 0 Å². The number of amides is 1. The fourth-order valence-corrected chi connectivity index (χ4v) is 3.17. The molecule has 1 aromatic heterocycles. The number of piperidine rings is 1. The summed E-state index contributed by atoms with van der Waals surface area (Å²) >= 11 is 0. The minimum absolute atomic E-state index is 0.0360. The van der Waals surface area contributed by atoms with Crippen LogP contribution in [0.3, 0.4) is 0 Å². The Bertz CT molecular complexity index is 693. The molecule has 3 rings (SSSR count). The first-order chi connectivity index (χ1) is 12.2. The van der Waals surface area contributed by atoms with Crippen LogP contribution in [-0.4, -0.2) is 35.7 Å². The maximum absolute atomic E-state index is 12.6. The van der Waals surface area contributed by atoms with Crippen molar-refractivity contribution < 1.29 is 14.1 Å². The summed E-state index contributed by atoms with van der Waals surface area (Å²) in [6, 6.07) is 9.85. The first-order valence-corrected chi connectivity index (χ1v) is 9.10. The van der Waals surface area contributed by atoms with Gasteiger partial charge >= 0.3 is 0 Å². The number of hydrogen-bond donors (Lipinski definition) is 0. The van der Waals surface area contributed by atoms with Gasteiger partial charge in [-0.05, 0) is 38.3 Å². The SMILES string of the molecule is CCCc1cc(C(=O)N2CCC[C@@H](COc3ccc(C)cc3)C2)no1. The van der Waals surface area contributed by atoms with Gasteiger partial charge in [-0.25, -0.2) is 0 Å². The highest BCUT2D eigenvalue weighted by Gasteiger charge is 2.26. The molecule has 1 amide bonds. The Labute approximate surface area is 148 Å². The molecule has 0 saturated carbocycles. The smallest absolute Gasteiger partial charge is 0.276 e. The van der Waals surface area contributed by atoms with Gasteiger partial charge < -0.3 is 14.2 Å². The number of benzene rings is 1. The summed E-state index contributed by atoms with van der Waals surface area (Å²) in [5.74, 6) is 1.98. The van der Waals surface area contributed by atoms with Gasteiger partial charge in [-0.2, -0.15) is 0 Å². The van der Waals surface area contributed by atoms with Crippen LogP contribution >= 0.6 is 0 Å². The molecule has 1 aliphatic heterocycles. The largest absolute Gasteiger partial charge is 0.493 e. The lowest BCUT2D eigenvalue weighted by Gasteiger charge is -2.32. The van der Waals surface area contributed by atoms with Crippen LogP contribution in [0, 0.1) is 12.8 Å². The van der Waals surface area contributed by atoms with Gasteiger partial charge in [-0.15, -0.1) is 0 Å². The van der Waals surface area contributed by atoms with Crippen molar-refractivity contribution in [3.63, 3.8) is 0 Å². The Hall–Kier alpha value is -2.30. The van der Waals surface area contributed by atoms with Crippen molar-refractivity contribution in [3.8, 4) is 5.75 Å². The van der Waals surface area contributed by atoms with Gasteiger partial charge in [-0.3, -0.25) is 4.79 Å². The third-order valence-electron chi connectivity index (χ3n) is 4.59. The molecule has 2 heterocycles. The van der Waals surface area contributed by atoms with Crippen molar-refractivity contribution in [2.75, 3.05) is 19.7 Å². The van der Waals surface area contributed by atoms with Crippen LogP contribution < -0.4 is 4.74 Å². The van der Waals surface area contributed by atoms with E-state index < -0.39 is 0 Å². The lowest BCUT2D eigenvalue weighted by molar-refractivity contribution is 0.0623. The molecule has 25 heavy (non-hydrogen) atoms. The molecule has 134 valence electrons. The van der Waals surface area contributed by atoms with Crippen molar-refractivity contribution in [1.29, 1.82) is 0 Å². The molecule has 0 radical (unpaired) electrons. The standard InChI is InChI=1S/C20H26N2O3/c1-3-5-18-12-19(21-25-18)20(23)22-11-4-6-16(13-22)14-24-17-9-7-15(2)8-10-17/h7-10,12,16H,3-6,11,13-14H2,1-2H3/t16-/m1/s1. The third-order valence-corrected chi connectivity index (χ3v) is 4.59. The van der Waals surface area contributed by atoms with E-state index in [-0.39, 0.29) is 5.91 Å². The second-order valence-electron chi connectivity index (χ2n) is 6.81. The topological polar surface area (TPSA) is 55.6 Å². The van der Waals surface area contributed by atoms with Gasteiger partial charge in [0.1, 0.15) is 11.5 Å². The Balaban J connectivity index is 1.54. The molecule has 1 saturated heterocycles. The van der Waals surface area contributed by atoms with E-state index in [0.29, 0.717) is 24.8 Å². The molecule has 2 aromatic rings. The fourth-order valence-electron chi connectivity index (χ4n) is 3.17. The molecule has 1 aliphatic rings. The van der Waals surface area contributed by atoms with Crippen molar-refractivity contribution in [3.05, 3.63) is 47.3 Å². The zero-order valence-corrected chi connectivity index (χ0v) is 15.0.